The van der Waals surface area contributed by atoms with Crippen molar-refractivity contribution in [1.29, 1.82) is 0 Å². The Morgan fingerprint density at radius 1 is 1.27 bits per heavy atom. The van der Waals surface area contributed by atoms with Gasteiger partial charge in [0, 0.05) is 11.8 Å². The van der Waals surface area contributed by atoms with E-state index >= 15 is 0 Å². The van der Waals surface area contributed by atoms with Crippen molar-refractivity contribution in [3.63, 3.8) is 0 Å². The molecule has 0 amide bonds. The molecule has 1 aliphatic rings. The molecule has 0 spiro atoms. The van der Waals surface area contributed by atoms with Crippen LogP contribution in [0.25, 0.3) is 0 Å². The van der Waals surface area contributed by atoms with Crippen LogP contribution in [0.4, 0.5) is 0 Å². The first kappa shape index (κ1) is 10.4. The molecule has 1 aromatic rings. The first-order valence-electron chi connectivity index (χ1n) is 5.76. The normalized spacial score (nSPS) is 17.7. The van der Waals surface area contributed by atoms with Gasteiger partial charge in [0.25, 0.3) is 0 Å². The fourth-order valence-electron chi connectivity index (χ4n) is 2.07. The van der Waals surface area contributed by atoms with Gasteiger partial charge in [0.05, 0.1) is 6.61 Å². The van der Waals surface area contributed by atoms with Crippen molar-refractivity contribution in [2.45, 2.75) is 39.0 Å². The molecule has 15 heavy (non-hydrogen) atoms. The Balaban J connectivity index is 1.81. The van der Waals surface area contributed by atoms with Crippen molar-refractivity contribution in [2.75, 3.05) is 6.61 Å². The lowest BCUT2D eigenvalue weighted by molar-refractivity contribution is 0.202. The lowest BCUT2D eigenvalue weighted by Crippen LogP contribution is -2.15. The highest BCUT2D eigenvalue weighted by molar-refractivity contribution is 5.11. The Kier molecular flexibility index (Phi) is 3.54. The highest BCUT2D eigenvalue weighted by Gasteiger charge is 2.14. The molecule has 1 saturated carbocycles. The minimum atomic E-state index is 0.716. The van der Waals surface area contributed by atoms with Gasteiger partial charge in [0.1, 0.15) is 6.33 Å². The van der Waals surface area contributed by atoms with Gasteiger partial charge in [-0.2, -0.15) is 0 Å². The van der Waals surface area contributed by atoms with Crippen molar-refractivity contribution in [1.82, 2.24) is 9.97 Å². The van der Waals surface area contributed by atoms with E-state index in [-0.39, 0.29) is 0 Å². The molecule has 82 valence electrons. The zero-order valence-electron chi connectivity index (χ0n) is 9.28. The van der Waals surface area contributed by atoms with E-state index < -0.39 is 0 Å². The molecular formula is C12H18N2O. The maximum absolute atomic E-state index is 5.68. The van der Waals surface area contributed by atoms with E-state index in [1.807, 2.05) is 13.0 Å². The Morgan fingerprint density at radius 2 is 2.07 bits per heavy atom. The van der Waals surface area contributed by atoms with Gasteiger partial charge in [-0.05, 0) is 25.7 Å². The van der Waals surface area contributed by atoms with Crippen molar-refractivity contribution >= 4 is 0 Å². The SMILES string of the molecule is Cc1cc(OCC2CCCCC2)ncn1. The van der Waals surface area contributed by atoms with Crippen LogP contribution in [0.15, 0.2) is 12.4 Å². The van der Waals surface area contributed by atoms with E-state index in [1.165, 1.54) is 32.1 Å². The molecule has 0 aromatic carbocycles. The van der Waals surface area contributed by atoms with Crippen molar-refractivity contribution in [3.05, 3.63) is 18.1 Å². The standard InChI is InChI=1S/C12H18N2O/c1-10-7-12(14-9-13-10)15-8-11-5-3-2-4-6-11/h7,9,11H,2-6,8H2,1H3. The fourth-order valence-corrected chi connectivity index (χ4v) is 2.07. The molecule has 1 fully saturated rings. The second kappa shape index (κ2) is 5.10. The zero-order chi connectivity index (χ0) is 10.5. The lowest BCUT2D eigenvalue weighted by atomic mass is 9.90. The first-order valence-corrected chi connectivity index (χ1v) is 5.76. The molecule has 0 radical (unpaired) electrons. The van der Waals surface area contributed by atoms with Gasteiger partial charge >= 0.3 is 0 Å². The number of hydrogen-bond donors (Lipinski definition) is 0. The summed E-state index contributed by atoms with van der Waals surface area (Å²) in [7, 11) is 0. The molecule has 0 bridgehead atoms. The quantitative estimate of drug-likeness (QED) is 0.762. The summed E-state index contributed by atoms with van der Waals surface area (Å²) in [6.07, 6.45) is 8.29. The van der Waals surface area contributed by atoms with Crippen molar-refractivity contribution in [3.8, 4) is 5.88 Å². The first-order chi connectivity index (χ1) is 7.34. The molecule has 0 unspecified atom stereocenters. The van der Waals surface area contributed by atoms with Crippen LogP contribution in [0.1, 0.15) is 37.8 Å². The molecule has 3 heteroatoms. The summed E-state index contributed by atoms with van der Waals surface area (Å²) >= 11 is 0. The third-order valence-corrected chi connectivity index (χ3v) is 2.97. The minimum Gasteiger partial charge on any atom is -0.477 e. The van der Waals surface area contributed by atoms with Crippen LogP contribution in [0, 0.1) is 12.8 Å². The summed E-state index contributed by atoms with van der Waals surface area (Å²) in [6, 6.07) is 1.89. The van der Waals surface area contributed by atoms with Gasteiger partial charge in [0.15, 0.2) is 0 Å². The van der Waals surface area contributed by atoms with E-state index in [4.69, 9.17) is 4.74 Å². The molecule has 0 aliphatic heterocycles. The van der Waals surface area contributed by atoms with Gasteiger partial charge in [-0.1, -0.05) is 19.3 Å². The van der Waals surface area contributed by atoms with Crippen LogP contribution in [-0.4, -0.2) is 16.6 Å². The number of ether oxygens (including phenoxy) is 1. The van der Waals surface area contributed by atoms with Gasteiger partial charge in [-0.25, -0.2) is 9.97 Å². The maximum Gasteiger partial charge on any atom is 0.216 e. The number of aryl methyl sites for hydroxylation is 1. The summed E-state index contributed by atoms with van der Waals surface area (Å²) in [6.45, 7) is 2.77. The highest BCUT2D eigenvalue weighted by Crippen LogP contribution is 2.24. The van der Waals surface area contributed by atoms with E-state index in [2.05, 4.69) is 9.97 Å². The van der Waals surface area contributed by atoms with Crippen LogP contribution in [0.3, 0.4) is 0 Å². The molecule has 0 saturated heterocycles. The maximum atomic E-state index is 5.68. The monoisotopic (exact) mass is 206 g/mol. The third-order valence-electron chi connectivity index (χ3n) is 2.97. The largest absolute Gasteiger partial charge is 0.477 e. The number of aromatic nitrogens is 2. The van der Waals surface area contributed by atoms with Crippen LogP contribution in [0.2, 0.25) is 0 Å². The van der Waals surface area contributed by atoms with Crippen LogP contribution < -0.4 is 4.74 Å². The topological polar surface area (TPSA) is 35.0 Å². The van der Waals surface area contributed by atoms with Crippen LogP contribution in [0.5, 0.6) is 5.88 Å². The molecular weight excluding hydrogens is 188 g/mol. The Bertz CT molecular complexity index is 308. The van der Waals surface area contributed by atoms with E-state index in [9.17, 15) is 0 Å². The minimum absolute atomic E-state index is 0.716. The Morgan fingerprint density at radius 3 is 2.80 bits per heavy atom. The summed E-state index contributed by atoms with van der Waals surface area (Å²) < 4.78 is 5.68. The van der Waals surface area contributed by atoms with Crippen molar-refractivity contribution in [2.24, 2.45) is 5.92 Å². The summed E-state index contributed by atoms with van der Waals surface area (Å²) in [5, 5.41) is 0. The zero-order valence-corrected chi connectivity index (χ0v) is 9.28. The highest BCUT2D eigenvalue weighted by atomic mass is 16.5. The average Bonchev–Trinajstić information content (AvgIpc) is 2.28. The van der Waals surface area contributed by atoms with Gasteiger partial charge in [-0.15, -0.1) is 0 Å². The van der Waals surface area contributed by atoms with E-state index in [0.29, 0.717) is 5.88 Å². The lowest BCUT2D eigenvalue weighted by Gasteiger charge is -2.21. The third kappa shape index (κ3) is 3.18. The smallest absolute Gasteiger partial charge is 0.216 e. The van der Waals surface area contributed by atoms with Crippen molar-refractivity contribution < 1.29 is 4.74 Å². The fraction of sp³-hybridized carbons (Fsp3) is 0.667. The molecule has 0 atom stereocenters. The molecule has 1 aromatic heterocycles. The van der Waals surface area contributed by atoms with Gasteiger partial charge in [0.2, 0.25) is 5.88 Å². The van der Waals surface area contributed by atoms with E-state index in [1.54, 1.807) is 6.33 Å². The van der Waals surface area contributed by atoms with Crippen LogP contribution >= 0.6 is 0 Å². The second-order valence-corrected chi connectivity index (χ2v) is 4.31. The number of hydrogen-bond acceptors (Lipinski definition) is 3. The molecule has 3 nitrogen and oxygen atoms in total. The predicted octanol–water partition coefficient (Wildman–Crippen LogP) is 2.74. The second-order valence-electron chi connectivity index (χ2n) is 4.31. The number of nitrogens with zero attached hydrogens (tertiary/aromatic N) is 2. The predicted molar refractivity (Wildman–Crippen MR) is 58.8 cm³/mol. The molecule has 2 rings (SSSR count). The summed E-state index contributed by atoms with van der Waals surface area (Å²) in [5.74, 6) is 1.45. The summed E-state index contributed by atoms with van der Waals surface area (Å²) in [5.41, 5.74) is 0.962. The molecule has 1 aliphatic carbocycles. The Hall–Kier alpha value is -1.12. The molecule has 0 N–H and O–H groups in total. The summed E-state index contributed by atoms with van der Waals surface area (Å²) in [4.78, 5) is 8.13. The average molecular weight is 206 g/mol. The van der Waals surface area contributed by atoms with Gasteiger partial charge in [-0.3, -0.25) is 0 Å². The van der Waals surface area contributed by atoms with E-state index in [0.717, 1.165) is 18.2 Å². The van der Waals surface area contributed by atoms with Crippen LogP contribution in [-0.2, 0) is 0 Å². The number of rotatable bonds is 3. The molecule has 1 heterocycles. The van der Waals surface area contributed by atoms with Gasteiger partial charge < -0.3 is 4.74 Å². The Labute approximate surface area is 90.9 Å².